The van der Waals surface area contributed by atoms with E-state index >= 15 is 0 Å². The van der Waals surface area contributed by atoms with Crippen molar-refractivity contribution in [1.29, 1.82) is 0 Å². The van der Waals surface area contributed by atoms with E-state index in [9.17, 15) is 14.7 Å². The van der Waals surface area contributed by atoms with Gasteiger partial charge in [-0.05, 0) is 72.5 Å². The van der Waals surface area contributed by atoms with Gasteiger partial charge in [-0.15, -0.1) is 0 Å². The Bertz CT molecular complexity index is 1520. The van der Waals surface area contributed by atoms with E-state index in [1.54, 1.807) is 31.4 Å². The van der Waals surface area contributed by atoms with E-state index in [0.717, 1.165) is 28.6 Å². The second-order valence-electron chi connectivity index (χ2n) is 8.97. The molecule has 1 atom stereocenters. The van der Waals surface area contributed by atoms with Gasteiger partial charge in [0.05, 0.1) is 35.5 Å². The van der Waals surface area contributed by atoms with Crippen molar-refractivity contribution in [2.24, 2.45) is 0 Å². The summed E-state index contributed by atoms with van der Waals surface area (Å²) in [4.78, 5) is 33.1. The normalized spacial score (nSPS) is 16.8. The number of aromatic nitrogens is 1. The fraction of sp³-hybridized carbons (Fsp3) is 0.233. The van der Waals surface area contributed by atoms with Crippen molar-refractivity contribution in [2.75, 3.05) is 18.6 Å². The monoisotopic (exact) mass is 528 g/mol. The lowest BCUT2D eigenvalue weighted by molar-refractivity contribution is -0.132. The summed E-state index contributed by atoms with van der Waals surface area (Å²) in [5, 5.41) is 11.7. The SMILES string of the molecule is CCCOc1ccc([C@@H]2/C(=C(\O)c3ccc(OC)cc3)C(=O)C(=O)N2c2nc3ccc(CC)cc3s2)cc1. The number of ether oxygens (including phenoxy) is 2. The molecule has 0 radical (unpaired) electrons. The zero-order valence-corrected chi connectivity index (χ0v) is 22.2. The summed E-state index contributed by atoms with van der Waals surface area (Å²) in [7, 11) is 1.55. The Morgan fingerprint density at radius 1 is 1.00 bits per heavy atom. The van der Waals surface area contributed by atoms with Gasteiger partial charge in [0.2, 0.25) is 0 Å². The highest BCUT2D eigenvalue weighted by molar-refractivity contribution is 7.22. The zero-order valence-electron chi connectivity index (χ0n) is 21.4. The maximum absolute atomic E-state index is 13.5. The predicted molar refractivity (Wildman–Crippen MR) is 149 cm³/mol. The summed E-state index contributed by atoms with van der Waals surface area (Å²) in [5.74, 6) is -0.439. The van der Waals surface area contributed by atoms with Crippen LogP contribution in [-0.4, -0.2) is 35.5 Å². The molecule has 7 nitrogen and oxygen atoms in total. The van der Waals surface area contributed by atoms with Gasteiger partial charge in [-0.25, -0.2) is 4.98 Å². The van der Waals surface area contributed by atoms with Gasteiger partial charge in [0.1, 0.15) is 17.3 Å². The Kier molecular flexibility index (Phi) is 7.15. The summed E-state index contributed by atoms with van der Waals surface area (Å²) in [6.07, 6.45) is 1.75. The van der Waals surface area contributed by atoms with Gasteiger partial charge < -0.3 is 14.6 Å². The standard InChI is InChI=1S/C30H28N2O5S/c1-4-16-37-22-13-7-19(8-14-22)26-25(27(33)20-9-11-21(36-3)12-10-20)28(34)29(35)32(26)30-31-23-15-6-18(5-2)17-24(23)38-30/h6-15,17,26,33H,4-5,16H2,1-3H3/b27-25+/t26-/m1/s1. The number of Topliss-reactive ketones (excluding diaryl/α,β-unsaturated/α-hetero) is 1. The number of aryl methyl sites for hydroxylation is 1. The van der Waals surface area contributed by atoms with E-state index in [1.807, 2.05) is 43.3 Å². The molecule has 38 heavy (non-hydrogen) atoms. The molecule has 2 heterocycles. The van der Waals surface area contributed by atoms with Crippen molar-refractivity contribution in [3.8, 4) is 11.5 Å². The molecule has 5 rings (SSSR count). The summed E-state index contributed by atoms with van der Waals surface area (Å²) in [6.45, 7) is 4.69. The van der Waals surface area contributed by atoms with Crippen LogP contribution in [0, 0.1) is 0 Å². The number of methoxy groups -OCH3 is 1. The highest BCUT2D eigenvalue weighted by Gasteiger charge is 2.48. The molecule has 194 valence electrons. The minimum absolute atomic E-state index is 0.0101. The number of carbonyl (C=O) groups is 2. The number of carbonyl (C=O) groups excluding carboxylic acids is 2. The van der Waals surface area contributed by atoms with Crippen molar-refractivity contribution in [2.45, 2.75) is 32.7 Å². The zero-order chi connectivity index (χ0) is 26.8. The third-order valence-electron chi connectivity index (χ3n) is 6.53. The summed E-state index contributed by atoms with van der Waals surface area (Å²) < 4.78 is 11.9. The molecule has 0 unspecified atom stereocenters. The number of rotatable bonds is 8. The molecule has 3 aromatic carbocycles. The Hall–Kier alpha value is -4.17. The third kappa shape index (κ3) is 4.63. The van der Waals surface area contributed by atoms with Crippen LogP contribution in [0.4, 0.5) is 5.13 Å². The number of anilines is 1. The Balaban J connectivity index is 1.65. The molecule has 1 aliphatic heterocycles. The fourth-order valence-corrected chi connectivity index (χ4v) is 5.55. The van der Waals surface area contributed by atoms with E-state index in [2.05, 4.69) is 13.0 Å². The average molecular weight is 529 g/mol. The van der Waals surface area contributed by atoms with Gasteiger partial charge in [0, 0.05) is 5.56 Å². The van der Waals surface area contributed by atoms with Crippen LogP contribution >= 0.6 is 11.3 Å². The topological polar surface area (TPSA) is 89.0 Å². The number of ketones is 1. The number of aliphatic hydroxyl groups is 1. The molecule has 8 heteroatoms. The van der Waals surface area contributed by atoms with E-state index < -0.39 is 17.7 Å². The largest absolute Gasteiger partial charge is 0.507 e. The molecule has 0 bridgehead atoms. The second kappa shape index (κ2) is 10.7. The van der Waals surface area contributed by atoms with Crippen LogP contribution in [0.15, 0.2) is 72.3 Å². The first kappa shape index (κ1) is 25.5. The molecule has 0 aliphatic carbocycles. The third-order valence-corrected chi connectivity index (χ3v) is 7.55. The molecule has 1 N–H and O–H groups in total. The molecule has 1 aliphatic rings. The van der Waals surface area contributed by atoms with Crippen LogP contribution in [0.2, 0.25) is 0 Å². The van der Waals surface area contributed by atoms with E-state index in [4.69, 9.17) is 14.5 Å². The van der Waals surface area contributed by atoms with E-state index in [-0.39, 0.29) is 11.3 Å². The molecule has 1 aromatic heterocycles. The lowest BCUT2D eigenvalue weighted by atomic mass is 9.95. The van der Waals surface area contributed by atoms with Gasteiger partial charge in [-0.2, -0.15) is 0 Å². The van der Waals surface area contributed by atoms with Gasteiger partial charge >= 0.3 is 5.91 Å². The number of hydrogen-bond donors (Lipinski definition) is 1. The van der Waals surface area contributed by atoms with Crippen molar-refractivity contribution >= 4 is 44.1 Å². The van der Waals surface area contributed by atoms with Crippen LogP contribution < -0.4 is 14.4 Å². The Labute approximate surface area is 225 Å². The van der Waals surface area contributed by atoms with Gasteiger partial charge in [-0.1, -0.05) is 43.4 Å². The maximum Gasteiger partial charge on any atom is 0.301 e. The molecule has 0 saturated carbocycles. The second-order valence-corrected chi connectivity index (χ2v) is 9.98. The average Bonchev–Trinajstić information content (AvgIpc) is 3.49. The summed E-state index contributed by atoms with van der Waals surface area (Å²) in [6, 6.07) is 19.1. The van der Waals surface area contributed by atoms with Gasteiger partial charge in [0.25, 0.3) is 5.78 Å². The predicted octanol–water partition coefficient (Wildman–Crippen LogP) is 6.28. The van der Waals surface area contributed by atoms with Crippen molar-refractivity contribution < 1.29 is 24.2 Å². The fourth-order valence-electron chi connectivity index (χ4n) is 4.50. The molecule has 1 amide bonds. The lowest BCUT2D eigenvalue weighted by Crippen LogP contribution is -2.29. The Morgan fingerprint density at radius 3 is 2.37 bits per heavy atom. The number of fused-ring (bicyclic) bond motifs is 1. The van der Waals surface area contributed by atoms with Crippen LogP contribution in [0.25, 0.3) is 16.0 Å². The number of hydrogen-bond acceptors (Lipinski definition) is 7. The van der Waals surface area contributed by atoms with E-state index in [0.29, 0.717) is 34.4 Å². The van der Waals surface area contributed by atoms with Crippen LogP contribution in [0.3, 0.4) is 0 Å². The number of aliphatic hydroxyl groups excluding tert-OH is 1. The summed E-state index contributed by atoms with van der Waals surface area (Å²) in [5.41, 5.74) is 3.00. The van der Waals surface area contributed by atoms with Crippen LogP contribution in [0.1, 0.15) is 43.0 Å². The molecular weight excluding hydrogens is 500 g/mol. The number of amides is 1. The number of thiazole rings is 1. The van der Waals surface area contributed by atoms with E-state index in [1.165, 1.54) is 16.2 Å². The van der Waals surface area contributed by atoms with Crippen molar-refractivity contribution in [1.82, 2.24) is 4.98 Å². The molecule has 0 spiro atoms. The first-order chi connectivity index (χ1) is 18.4. The minimum Gasteiger partial charge on any atom is -0.507 e. The number of benzene rings is 3. The Morgan fingerprint density at radius 2 is 1.71 bits per heavy atom. The van der Waals surface area contributed by atoms with Crippen LogP contribution in [0.5, 0.6) is 11.5 Å². The quantitative estimate of drug-likeness (QED) is 0.164. The highest BCUT2D eigenvalue weighted by Crippen LogP contribution is 2.44. The first-order valence-corrected chi connectivity index (χ1v) is 13.3. The van der Waals surface area contributed by atoms with Gasteiger partial charge in [-0.3, -0.25) is 14.5 Å². The van der Waals surface area contributed by atoms with Gasteiger partial charge in [0.15, 0.2) is 5.13 Å². The molecule has 4 aromatic rings. The van der Waals surface area contributed by atoms with Crippen molar-refractivity contribution in [3.63, 3.8) is 0 Å². The lowest BCUT2D eigenvalue weighted by Gasteiger charge is -2.23. The highest BCUT2D eigenvalue weighted by atomic mass is 32.1. The molecular formula is C30H28N2O5S. The summed E-state index contributed by atoms with van der Waals surface area (Å²) >= 11 is 1.35. The minimum atomic E-state index is -0.858. The first-order valence-electron chi connectivity index (χ1n) is 12.5. The number of nitrogens with zero attached hydrogens (tertiary/aromatic N) is 2. The maximum atomic E-state index is 13.5. The molecule has 1 fully saturated rings. The van der Waals surface area contributed by atoms with Crippen molar-refractivity contribution in [3.05, 3.63) is 89.0 Å². The smallest absolute Gasteiger partial charge is 0.301 e. The molecule has 1 saturated heterocycles. The van der Waals surface area contributed by atoms with Crippen LogP contribution in [-0.2, 0) is 16.0 Å².